The number of rotatable bonds is 6. The van der Waals surface area contributed by atoms with E-state index in [-0.39, 0.29) is 36.4 Å². The number of nitrogens with one attached hydrogen (secondary N) is 1. The monoisotopic (exact) mass is 511 g/mol. The molecule has 2 aromatic rings. The Balaban J connectivity index is 1.87. The molecule has 0 saturated carbocycles. The Bertz CT molecular complexity index is 1180. The summed E-state index contributed by atoms with van der Waals surface area (Å²) < 4.78 is 19.7. The highest BCUT2D eigenvalue weighted by Gasteiger charge is 2.34. The first kappa shape index (κ1) is 27.9. The molecule has 1 aliphatic heterocycles. The molecular formula is C27H34FN5O4. The van der Waals surface area contributed by atoms with E-state index in [2.05, 4.69) is 22.1 Å². The smallest absolute Gasteiger partial charge is 0.321 e. The van der Waals surface area contributed by atoms with Gasteiger partial charge in [0.2, 0.25) is 5.88 Å². The summed E-state index contributed by atoms with van der Waals surface area (Å²) in [7, 11) is 5.44. The zero-order chi connectivity index (χ0) is 27.1. The topological polar surface area (TPSA) is 98.2 Å². The molecule has 0 aliphatic carbocycles. The standard InChI is InChI=1S/C27H34FN5O4/c1-18-15-33(19(2)17-34)26(35)23-12-20(8-7-11-31(3)4)14-29-25(23)37-24(18)16-32(5)27(36)30-22-10-6-9-21(28)13-22/h6,9-10,12-14,18-19,24,34H,11,15-17H2,1-5H3,(H,30,36)/t18-,19+,24-/m1/s1. The average Bonchev–Trinajstić information content (AvgIpc) is 2.85. The summed E-state index contributed by atoms with van der Waals surface area (Å²) in [5.74, 6) is 5.24. The Kier molecular flexibility index (Phi) is 9.44. The van der Waals surface area contributed by atoms with Crippen molar-refractivity contribution in [3.8, 4) is 17.7 Å². The highest BCUT2D eigenvalue weighted by Crippen LogP contribution is 2.27. The van der Waals surface area contributed by atoms with Gasteiger partial charge in [-0.15, -0.1) is 0 Å². The van der Waals surface area contributed by atoms with Gasteiger partial charge in [-0.2, -0.15) is 0 Å². The van der Waals surface area contributed by atoms with Crippen molar-refractivity contribution in [1.29, 1.82) is 0 Å². The first-order valence-electron chi connectivity index (χ1n) is 12.1. The van der Waals surface area contributed by atoms with Crippen molar-refractivity contribution >= 4 is 17.6 Å². The van der Waals surface area contributed by atoms with Crippen LogP contribution in [0, 0.1) is 23.6 Å². The lowest BCUT2D eigenvalue weighted by atomic mass is 10.00. The zero-order valence-corrected chi connectivity index (χ0v) is 21.9. The number of ether oxygens (including phenoxy) is 1. The molecule has 0 saturated heterocycles. The maximum Gasteiger partial charge on any atom is 0.321 e. The maximum atomic E-state index is 13.5. The summed E-state index contributed by atoms with van der Waals surface area (Å²) in [5.41, 5.74) is 1.17. The van der Waals surface area contributed by atoms with Gasteiger partial charge in [-0.3, -0.25) is 9.69 Å². The molecule has 3 amide bonds. The minimum atomic E-state index is -0.512. The SMILES string of the molecule is C[C@@H]1CN([C@@H](C)CO)C(=O)c2cc(C#CCN(C)C)cnc2O[C@@H]1CN(C)C(=O)Nc1cccc(F)c1. The second-order valence-electron chi connectivity index (χ2n) is 9.56. The van der Waals surface area contributed by atoms with Crippen LogP contribution in [0.1, 0.15) is 29.8 Å². The van der Waals surface area contributed by atoms with Crippen LogP contribution < -0.4 is 10.1 Å². The van der Waals surface area contributed by atoms with Crippen molar-refractivity contribution < 1.29 is 23.8 Å². The fourth-order valence-electron chi connectivity index (χ4n) is 3.83. The molecule has 2 heterocycles. The molecule has 0 bridgehead atoms. The minimum Gasteiger partial charge on any atom is -0.472 e. The summed E-state index contributed by atoms with van der Waals surface area (Å²) in [5, 5.41) is 12.5. The van der Waals surface area contributed by atoms with Crippen molar-refractivity contribution in [2.24, 2.45) is 5.92 Å². The molecule has 9 nitrogen and oxygen atoms in total. The van der Waals surface area contributed by atoms with Gasteiger partial charge in [-0.1, -0.05) is 24.8 Å². The molecule has 37 heavy (non-hydrogen) atoms. The molecule has 10 heteroatoms. The van der Waals surface area contributed by atoms with Crippen LogP contribution in [0.25, 0.3) is 0 Å². The quantitative estimate of drug-likeness (QED) is 0.579. The second kappa shape index (κ2) is 12.5. The van der Waals surface area contributed by atoms with E-state index < -0.39 is 24.0 Å². The molecule has 3 rings (SSSR count). The summed E-state index contributed by atoms with van der Waals surface area (Å²) in [6, 6.07) is 6.44. The van der Waals surface area contributed by atoms with Crippen molar-refractivity contribution in [3.05, 3.63) is 53.5 Å². The predicted molar refractivity (Wildman–Crippen MR) is 139 cm³/mol. The number of nitrogens with zero attached hydrogens (tertiary/aromatic N) is 4. The first-order chi connectivity index (χ1) is 17.6. The number of anilines is 1. The van der Waals surface area contributed by atoms with Gasteiger partial charge in [0.15, 0.2) is 0 Å². The number of hydrogen-bond donors (Lipinski definition) is 2. The highest BCUT2D eigenvalue weighted by atomic mass is 19.1. The molecule has 1 aromatic heterocycles. The predicted octanol–water partition coefficient (Wildman–Crippen LogP) is 2.52. The van der Waals surface area contributed by atoms with Gasteiger partial charge >= 0.3 is 6.03 Å². The number of carbonyl (C=O) groups is 2. The summed E-state index contributed by atoms with van der Waals surface area (Å²) >= 11 is 0. The molecule has 0 fully saturated rings. The number of urea groups is 1. The molecule has 198 valence electrons. The lowest BCUT2D eigenvalue weighted by Gasteiger charge is -2.37. The van der Waals surface area contributed by atoms with Crippen LogP contribution in [0.3, 0.4) is 0 Å². The molecule has 0 unspecified atom stereocenters. The number of carbonyl (C=O) groups excluding carboxylic acids is 2. The van der Waals surface area contributed by atoms with Crippen LogP contribution in [0.2, 0.25) is 0 Å². The van der Waals surface area contributed by atoms with Gasteiger partial charge in [-0.05, 0) is 45.3 Å². The number of halogens is 1. The maximum absolute atomic E-state index is 13.5. The van der Waals surface area contributed by atoms with E-state index in [9.17, 15) is 19.1 Å². The van der Waals surface area contributed by atoms with E-state index in [1.807, 2.05) is 25.9 Å². The lowest BCUT2D eigenvalue weighted by Crippen LogP contribution is -2.50. The number of benzene rings is 1. The molecule has 0 spiro atoms. The number of aromatic nitrogens is 1. The van der Waals surface area contributed by atoms with Crippen molar-refractivity contribution in [2.45, 2.75) is 26.0 Å². The van der Waals surface area contributed by atoms with Crippen LogP contribution in [0.5, 0.6) is 5.88 Å². The number of likely N-dealkylation sites (N-methyl/N-ethyl adjacent to an activating group) is 1. The average molecular weight is 512 g/mol. The van der Waals surface area contributed by atoms with Crippen LogP contribution in [-0.2, 0) is 0 Å². The Morgan fingerprint density at radius 1 is 1.35 bits per heavy atom. The largest absolute Gasteiger partial charge is 0.472 e. The van der Waals surface area contributed by atoms with Crippen LogP contribution in [0.4, 0.5) is 14.9 Å². The van der Waals surface area contributed by atoms with Gasteiger partial charge in [0.25, 0.3) is 5.91 Å². The fourth-order valence-corrected chi connectivity index (χ4v) is 3.83. The third kappa shape index (κ3) is 7.41. The molecule has 2 N–H and O–H groups in total. The second-order valence-corrected chi connectivity index (χ2v) is 9.56. The van der Waals surface area contributed by atoms with Crippen molar-refractivity contribution in [3.63, 3.8) is 0 Å². The molecular weight excluding hydrogens is 477 g/mol. The third-order valence-electron chi connectivity index (χ3n) is 6.03. The molecule has 0 radical (unpaired) electrons. The van der Waals surface area contributed by atoms with E-state index in [0.717, 1.165) is 0 Å². The van der Waals surface area contributed by atoms with Crippen molar-refractivity contribution in [1.82, 2.24) is 19.7 Å². The minimum absolute atomic E-state index is 0.147. The fraction of sp³-hybridized carbons (Fsp3) is 0.444. The highest BCUT2D eigenvalue weighted by molar-refractivity contribution is 5.97. The Morgan fingerprint density at radius 3 is 2.78 bits per heavy atom. The number of aliphatic hydroxyl groups excluding tert-OH is 1. The van der Waals surface area contributed by atoms with Gasteiger partial charge in [0.05, 0.1) is 25.7 Å². The van der Waals surface area contributed by atoms with Gasteiger partial charge < -0.3 is 25.0 Å². The van der Waals surface area contributed by atoms with E-state index in [1.54, 1.807) is 37.2 Å². The van der Waals surface area contributed by atoms with E-state index in [4.69, 9.17) is 4.74 Å². The Morgan fingerprint density at radius 2 is 2.11 bits per heavy atom. The molecule has 3 atom stereocenters. The van der Waals surface area contributed by atoms with Crippen molar-refractivity contribution in [2.75, 3.05) is 52.7 Å². The van der Waals surface area contributed by atoms with Crippen LogP contribution in [-0.4, -0.2) is 96.3 Å². The summed E-state index contributed by atoms with van der Waals surface area (Å²) in [4.78, 5) is 35.6. The lowest BCUT2D eigenvalue weighted by molar-refractivity contribution is 0.0356. The third-order valence-corrected chi connectivity index (χ3v) is 6.03. The summed E-state index contributed by atoms with van der Waals surface area (Å²) in [6.45, 7) is 4.53. The van der Waals surface area contributed by atoms with E-state index in [1.165, 1.54) is 23.1 Å². The number of pyridine rings is 1. The summed E-state index contributed by atoms with van der Waals surface area (Å²) in [6.07, 6.45) is 1.04. The van der Waals surface area contributed by atoms with E-state index in [0.29, 0.717) is 24.3 Å². The molecule has 1 aromatic carbocycles. The number of amides is 3. The Hall–Kier alpha value is -3.68. The van der Waals surface area contributed by atoms with Gasteiger partial charge in [-0.25, -0.2) is 14.2 Å². The number of hydrogen-bond acceptors (Lipinski definition) is 6. The van der Waals surface area contributed by atoms with Crippen LogP contribution >= 0.6 is 0 Å². The Labute approximate surface area is 217 Å². The van der Waals surface area contributed by atoms with Crippen LogP contribution in [0.15, 0.2) is 36.5 Å². The normalized spacial score (nSPS) is 18.1. The van der Waals surface area contributed by atoms with E-state index >= 15 is 0 Å². The first-order valence-corrected chi connectivity index (χ1v) is 12.1. The van der Waals surface area contributed by atoms with Gasteiger partial charge in [0.1, 0.15) is 17.5 Å². The number of fused-ring (bicyclic) bond motifs is 1. The van der Waals surface area contributed by atoms with Gasteiger partial charge in [0, 0.05) is 37.0 Å². The molecule has 1 aliphatic rings. The zero-order valence-electron chi connectivity index (χ0n) is 21.9. The number of aliphatic hydroxyl groups is 1.